The van der Waals surface area contributed by atoms with E-state index >= 15 is 0 Å². The maximum Gasteiger partial charge on any atom is 0.337 e. The molecule has 1 fully saturated rings. The number of carbonyl (C=O) groups is 3. The Hall–Kier alpha value is -3.12. The highest BCUT2D eigenvalue weighted by Crippen LogP contribution is 2.26. The van der Waals surface area contributed by atoms with Crippen LogP contribution < -0.4 is 5.32 Å². The number of rotatable bonds is 5. The summed E-state index contributed by atoms with van der Waals surface area (Å²) >= 11 is 6.15. The quantitative estimate of drug-likeness (QED) is 0.578. The molecule has 6 nitrogen and oxygen atoms in total. The molecule has 156 valence electrons. The number of halogens is 1. The first-order chi connectivity index (χ1) is 14.5. The fourth-order valence-electron chi connectivity index (χ4n) is 3.30. The Morgan fingerprint density at radius 1 is 1.10 bits per heavy atom. The van der Waals surface area contributed by atoms with Gasteiger partial charge in [-0.3, -0.25) is 9.59 Å². The van der Waals surface area contributed by atoms with Crippen LogP contribution in [0.2, 0.25) is 5.02 Å². The van der Waals surface area contributed by atoms with Gasteiger partial charge in [0.05, 0.1) is 23.4 Å². The summed E-state index contributed by atoms with van der Waals surface area (Å²) < 4.78 is 4.70. The molecule has 1 aliphatic rings. The lowest BCUT2D eigenvalue weighted by molar-refractivity contribution is -0.130. The second-order valence-electron chi connectivity index (χ2n) is 7.02. The van der Waals surface area contributed by atoms with Crippen LogP contribution in [0.3, 0.4) is 0 Å². The zero-order valence-electron chi connectivity index (χ0n) is 16.6. The van der Waals surface area contributed by atoms with E-state index in [1.807, 2.05) is 30.3 Å². The van der Waals surface area contributed by atoms with E-state index in [2.05, 4.69) is 5.32 Å². The summed E-state index contributed by atoms with van der Waals surface area (Å²) in [6.07, 6.45) is 4.47. The molecule has 0 aliphatic carbocycles. The summed E-state index contributed by atoms with van der Waals surface area (Å²) in [5.41, 5.74) is 1.64. The molecule has 1 aliphatic heterocycles. The van der Waals surface area contributed by atoms with Crippen molar-refractivity contribution in [3.63, 3.8) is 0 Å². The van der Waals surface area contributed by atoms with Gasteiger partial charge in [-0.25, -0.2) is 4.79 Å². The Kier molecular flexibility index (Phi) is 7.25. The maximum atomic E-state index is 12.7. The van der Waals surface area contributed by atoms with Gasteiger partial charge in [-0.1, -0.05) is 41.9 Å². The Labute approximate surface area is 180 Å². The molecule has 3 rings (SSSR count). The Balaban J connectivity index is 1.55. The first-order valence-electron chi connectivity index (χ1n) is 9.68. The molecule has 1 N–H and O–H groups in total. The van der Waals surface area contributed by atoms with Crippen molar-refractivity contribution in [2.45, 2.75) is 12.8 Å². The van der Waals surface area contributed by atoms with Gasteiger partial charge in [0.1, 0.15) is 0 Å². The van der Waals surface area contributed by atoms with Gasteiger partial charge >= 0.3 is 5.97 Å². The number of hydrogen-bond donors (Lipinski definition) is 1. The molecule has 7 heteroatoms. The first-order valence-corrected chi connectivity index (χ1v) is 10.1. The highest BCUT2D eigenvalue weighted by Gasteiger charge is 2.27. The molecule has 0 aromatic heterocycles. The summed E-state index contributed by atoms with van der Waals surface area (Å²) in [6.45, 7) is 1.01. The largest absolute Gasteiger partial charge is 0.465 e. The summed E-state index contributed by atoms with van der Waals surface area (Å²) in [6, 6.07) is 14.2. The summed E-state index contributed by atoms with van der Waals surface area (Å²) in [7, 11) is 1.29. The van der Waals surface area contributed by atoms with Crippen LogP contribution in [0, 0.1) is 5.92 Å². The van der Waals surface area contributed by atoms with Crippen molar-refractivity contribution >= 4 is 41.1 Å². The molecule has 0 saturated carbocycles. The molecule has 2 amide bonds. The van der Waals surface area contributed by atoms with Crippen molar-refractivity contribution in [3.05, 3.63) is 70.8 Å². The third-order valence-corrected chi connectivity index (χ3v) is 5.37. The lowest BCUT2D eigenvalue weighted by Crippen LogP contribution is -2.40. The van der Waals surface area contributed by atoms with Crippen molar-refractivity contribution in [1.29, 1.82) is 0 Å². The second kappa shape index (κ2) is 10.1. The highest BCUT2D eigenvalue weighted by atomic mass is 35.5. The van der Waals surface area contributed by atoms with Crippen LogP contribution in [0.1, 0.15) is 28.8 Å². The molecule has 1 saturated heterocycles. The van der Waals surface area contributed by atoms with E-state index in [1.165, 1.54) is 19.2 Å². The van der Waals surface area contributed by atoms with Crippen LogP contribution in [0.4, 0.5) is 5.69 Å². The third kappa shape index (κ3) is 5.48. The number of amides is 2. The minimum absolute atomic E-state index is 0.0634. The van der Waals surface area contributed by atoms with Crippen molar-refractivity contribution < 1.29 is 19.1 Å². The highest BCUT2D eigenvalue weighted by molar-refractivity contribution is 6.33. The van der Waals surface area contributed by atoms with Crippen LogP contribution in [0.25, 0.3) is 6.08 Å². The van der Waals surface area contributed by atoms with Gasteiger partial charge in [0.25, 0.3) is 0 Å². The molecule has 1 heterocycles. The molecule has 30 heavy (non-hydrogen) atoms. The molecular formula is C23H23ClN2O4. The fraction of sp³-hybridized carbons (Fsp3) is 0.261. The van der Waals surface area contributed by atoms with E-state index in [0.29, 0.717) is 42.2 Å². The van der Waals surface area contributed by atoms with Gasteiger partial charge in [-0.05, 0) is 42.7 Å². The smallest absolute Gasteiger partial charge is 0.337 e. The van der Waals surface area contributed by atoms with Crippen LogP contribution in [0.5, 0.6) is 0 Å². The molecular weight excluding hydrogens is 404 g/mol. The van der Waals surface area contributed by atoms with Crippen LogP contribution in [0.15, 0.2) is 54.6 Å². The summed E-state index contributed by atoms with van der Waals surface area (Å²) in [5.74, 6) is -0.972. The van der Waals surface area contributed by atoms with E-state index in [9.17, 15) is 14.4 Å². The Bertz CT molecular complexity index is 951. The number of nitrogens with one attached hydrogen (secondary N) is 1. The molecule has 0 bridgehead atoms. The van der Waals surface area contributed by atoms with E-state index < -0.39 is 5.97 Å². The van der Waals surface area contributed by atoms with E-state index in [-0.39, 0.29) is 17.7 Å². The number of anilines is 1. The van der Waals surface area contributed by atoms with Crippen LogP contribution in [-0.4, -0.2) is 42.9 Å². The summed E-state index contributed by atoms with van der Waals surface area (Å²) in [5, 5.41) is 3.14. The average Bonchev–Trinajstić information content (AvgIpc) is 2.79. The van der Waals surface area contributed by atoms with Crippen LogP contribution in [-0.2, 0) is 14.3 Å². The zero-order chi connectivity index (χ0) is 21.5. The van der Waals surface area contributed by atoms with Crippen molar-refractivity contribution in [2.24, 2.45) is 5.92 Å². The number of benzene rings is 2. The van der Waals surface area contributed by atoms with E-state index in [4.69, 9.17) is 16.3 Å². The van der Waals surface area contributed by atoms with E-state index in [1.54, 1.807) is 23.1 Å². The van der Waals surface area contributed by atoms with Crippen LogP contribution >= 0.6 is 11.6 Å². The van der Waals surface area contributed by atoms with Crippen molar-refractivity contribution in [2.75, 3.05) is 25.5 Å². The molecule has 0 spiro atoms. The first kappa shape index (κ1) is 21.6. The molecule has 0 radical (unpaired) electrons. The van der Waals surface area contributed by atoms with Gasteiger partial charge in [0.2, 0.25) is 11.8 Å². The predicted molar refractivity (Wildman–Crippen MR) is 116 cm³/mol. The number of ether oxygens (including phenoxy) is 1. The predicted octanol–water partition coefficient (Wildman–Crippen LogP) is 4.02. The van der Waals surface area contributed by atoms with Gasteiger partial charge in [0.15, 0.2) is 0 Å². The Morgan fingerprint density at radius 3 is 2.47 bits per heavy atom. The number of carbonyl (C=O) groups excluding carboxylic acids is 3. The third-order valence-electron chi connectivity index (χ3n) is 5.04. The van der Waals surface area contributed by atoms with E-state index in [0.717, 1.165) is 5.56 Å². The average molecular weight is 427 g/mol. The fourth-order valence-corrected chi connectivity index (χ4v) is 3.46. The normalized spacial score (nSPS) is 14.5. The summed E-state index contributed by atoms with van der Waals surface area (Å²) in [4.78, 5) is 38.5. The number of methoxy groups -OCH3 is 1. The monoisotopic (exact) mass is 426 g/mol. The maximum absolute atomic E-state index is 12.7. The topological polar surface area (TPSA) is 75.7 Å². The number of likely N-dealkylation sites (tertiary alicyclic amines) is 1. The number of esters is 1. The van der Waals surface area contributed by atoms with Gasteiger partial charge in [-0.15, -0.1) is 0 Å². The SMILES string of the molecule is COC(=O)c1ccc(Cl)c(NC(=O)C2CCN(C(=O)/C=C/c3ccccc3)CC2)c1. The van der Waals surface area contributed by atoms with Gasteiger partial charge < -0.3 is 15.0 Å². The molecule has 0 unspecified atom stereocenters. The minimum atomic E-state index is -0.502. The molecule has 2 aromatic carbocycles. The van der Waals surface area contributed by atoms with Gasteiger partial charge in [-0.2, -0.15) is 0 Å². The number of hydrogen-bond acceptors (Lipinski definition) is 4. The van der Waals surface area contributed by atoms with Gasteiger partial charge in [0, 0.05) is 25.1 Å². The second-order valence-corrected chi connectivity index (χ2v) is 7.43. The standard InChI is InChI=1S/C23H23ClN2O4/c1-30-23(29)18-8-9-19(24)20(15-18)25-22(28)17-11-13-26(14-12-17)21(27)10-7-16-5-3-2-4-6-16/h2-10,15,17H,11-14H2,1H3,(H,25,28)/b10-7+. The zero-order valence-corrected chi connectivity index (χ0v) is 17.4. The lowest BCUT2D eigenvalue weighted by atomic mass is 9.95. The minimum Gasteiger partial charge on any atom is -0.465 e. The Morgan fingerprint density at radius 2 is 1.80 bits per heavy atom. The molecule has 2 aromatic rings. The number of piperidine rings is 1. The lowest BCUT2D eigenvalue weighted by Gasteiger charge is -2.30. The van der Waals surface area contributed by atoms with Crippen molar-refractivity contribution in [1.82, 2.24) is 4.90 Å². The molecule has 0 atom stereocenters. The number of nitrogens with zero attached hydrogens (tertiary/aromatic N) is 1. The van der Waals surface area contributed by atoms with Crippen molar-refractivity contribution in [3.8, 4) is 0 Å².